The molecule has 2 unspecified atom stereocenters. The second-order valence-electron chi connectivity index (χ2n) is 6.79. The van der Waals surface area contributed by atoms with Gasteiger partial charge in [-0.2, -0.15) is 13.2 Å². The minimum atomic E-state index is -4.32. The fraction of sp³-hybridized carbons (Fsp3) is 0.647. The van der Waals surface area contributed by atoms with Gasteiger partial charge in [-0.05, 0) is 55.6 Å². The van der Waals surface area contributed by atoms with Crippen molar-refractivity contribution in [1.29, 1.82) is 0 Å². The van der Waals surface area contributed by atoms with Crippen LogP contribution >= 0.6 is 0 Å². The summed E-state index contributed by atoms with van der Waals surface area (Å²) in [6, 6.07) is 5.39. The SMILES string of the molecule is OC1(Cc2cccc(C(F)(F)F)c2)CCCC(C2CC2)C1. The first kappa shape index (κ1) is 14.9. The summed E-state index contributed by atoms with van der Waals surface area (Å²) >= 11 is 0. The summed E-state index contributed by atoms with van der Waals surface area (Å²) in [7, 11) is 0. The molecule has 2 aliphatic carbocycles. The highest BCUT2D eigenvalue weighted by atomic mass is 19.4. The molecule has 1 aromatic carbocycles. The Kier molecular flexibility index (Phi) is 3.76. The van der Waals surface area contributed by atoms with E-state index in [9.17, 15) is 18.3 Å². The average Bonchev–Trinajstić information content (AvgIpc) is 3.21. The zero-order valence-electron chi connectivity index (χ0n) is 12.0. The van der Waals surface area contributed by atoms with Gasteiger partial charge in [0.1, 0.15) is 0 Å². The topological polar surface area (TPSA) is 20.2 Å². The van der Waals surface area contributed by atoms with E-state index in [0.29, 0.717) is 24.3 Å². The van der Waals surface area contributed by atoms with Crippen molar-refractivity contribution in [2.24, 2.45) is 11.8 Å². The van der Waals surface area contributed by atoms with Gasteiger partial charge in [0.25, 0.3) is 0 Å². The number of aliphatic hydroxyl groups is 1. The Hall–Kier alpha value is -1.03. The number of halogens is 3. The zero-order chi connectivity index (χ0) is 15.1. The Morgan fingerprint density at radius 3 is 2.57 bits per heavy atom. The summed E-state index contributed by atoms with van der Waals surface area (Å²) in [5, 5.41) is 10.8. The van der Waals surface area contributed by atoms with Gasteiger partial charge in [0.05, 0.1) is 11.2 Å². The van der Waals surface area contributed by atoms with Crippen LogP contribution in [0.4, 0.5) is 13.2 Å². The molecule has 21 heavy (non-hydrogen) atoms. The van der Waals surface area contributed by atoms with E-state index in [-0.39, 0.29) is 0 Å². The highest BCUT2D eigenvalue weighted by Crippen LogP contribution is 2.47. The van der Waals surface area contributed by atoms with Crippen LogP contribution in [-0.4, -0.2) is 10.7 Å². The standard InChI is InChI=1S/C17H21F3O/c18-17(19,20)15-5-1-3-12(9-15)10-16(21)8-2-4-14(11-16)13-6-7-13/h1,3,5,9,13-14,21H,2,4,6-8,10-11H2. The van der Waals surface area contributed by atoms with E-state index in [2.05, 4.69) is 0 Å². The predicted octanol–water partition coefficient (Wildman–Crippen LogP) is 4.58. The first-order valence-electron chi connectivity index (χ1n) is 7.74. The van der Waals surface area contributed by atoms with E-state index in [0.717, 1.165) is 31.2 Å². The van der Waals surface area contributed by atoms with Crippen LogP contribution < -0.4 is 0 Å². The van der Waals surface area contributed by atoms with Gasteiger partial charge >= 0.3 is 6.18 Å². The van der Waals surface area contributed by atoms with E-state index in [4.69, 9.17) is 0 Å². The molecule has 2 fully saturated rings. The molecule has 1 N–H and O–H groups in total. The molecule has 0 aromatic heterocycles. The van der Waals surface area contributed by atoms with Crippen molar-refractivity contribution < 1.29 is 18.3 Å². The van der Waals surface area contributed by atoms with Crippen molar-refractivity contribution in [3.05, 3.63) is 35.4 Å². The molecule has 0 saturated heterocycles. The molecule has 0 heterocycles. The van der Waals surface area contributed by atoms with Crippen LogP contribution in [0, 0.1) is 11.8 Å². The van der Waals surface area contributed by atoms with Crippen molar-refractivity contribution in [3.8, 4) is 0 Å². The normalized spacial score (nSPS) is 30.4. The average molecular weight is 298 g/mol. The fourth-order valence-electron chi connectivity index (χ4n) is 3.75. The van der Waals surface area contributed by atoms with Crippen LogP contribution in [0.5, 0.6) is 0 Å². The molecule has 0 aliphatic heterocycles. The summed E-state index contributed by atoms with van der Waals surface area (Å²) in [4.78, 5) is 0. The van der Waals surface area contributed by atoms with Gasteiger partial charge in [-0.25, -0.2) is 0 Å². The molecule has 0 bridgehead atoms. The lowest BCUT2D eigenvalue weighted by molar-refractivity contribution is -0.137. The molecule has 2 atom stereocenters. The van der Waals surface area contributed by atoms with Gasteiger partial charge in [-0.1, -0.05) is 24.6 Å². The highest BCUT2D eigenvalue weighted by molar-refractivity contribution is 5.27. The minimum Gasteiger partial charge on any atom is -0.390 e. The second-order valence-corrected chi connectivity index (χ2v) is 6.79. The molecule has 1 nitrogen and oxygen atoms in total. The Morgan fingerprint density at radius 1 is 1.14 bits per heavy atom. The van der Waals surface area contributed by atoms with Gasteiger partial charge in [-0.3, -0.25) is 0 Å². The molecule has 0 spiro atoms. The maximum Gasteiger partial charge on any atom is 0.416 e. The Labute approximate surface area is 123 Å². The summed E-state index contributed by atoms with van der Waals surface area (Å²) in [5.74, 6) is 1.31. The molecule has 2 saturated carbocycles. The second kappa shape index (κ2) is 5.31. The summed E-state index contributed by atoms with van der Waals surface area (Å²) in [5.41, 5.74) is -0.864. The lowest BCUT2D eigenvalue weighted by atomic mass is 9.73. The van der Waals surface area contributed by atoms with Gasteiger partial charge in [0, 0.05) is 6.42 Å². The monoisotopic (exact) mass is 298 g/mol. The van der Waals surface area contributed by atoms with Gasteiger partial charge in [0.15, 0.2) is 0 Å². The van der Waals surface area contributed by atoms with Crippen LogP contribution in [0.1, 0.15) is 49.7 Å². The third-order valence-electron chi connectivity index (χ3n) is 4.94. The lowest BCUT2D eigenvalue weighted by Gasteiger charge is -2.37. The number of rotatable bonds is 3. The third kappa shape index (κ3) is 3.60. The first-order valence-corrected chi connectivity index (χ1v) is 7.74. The largest absolute Gasteiger partial charge is 0.416 e. The Bertz CT molecular complexity index is 507. The van der Waals surface area contributed by atoms with Crippen molar-refractivity contribution in [2.75, 3.05) is 0 Å². The molecule has 2 aliphatic rings. The quantitative estimate of drug-likeness (QED) is 0.866. The van der Waals surface area contributed by atoms with E-state index in [1.165, 1.54) is 25.0 Å². The predicted molar refractivity (Wildman–Crippen MR) is 74.8 cm³/mol. The maximum absolute atomic E-state index is 12.8. The minimum absolute atomic E-state index is 0.333. The van der Waals surface area contributed by atoms with Gasteiger partial charge < -0.3 is 5.11 Å². The van der Waals surface area contributed by atoms with Gasteiger partial charge in [-0.15, -0.1) is 0 Å². The molecular weight excluding hydrogens is 277 g/mol. The number of hydrogen-bond acceptors (Lipinski definition) is 1. The van der Waals surface area contributed by atoms with Crippen molar-refractivity contribution >= 4 is 0 Å². The summed E-state index contributed by atoms with van der Waals surface area (Å²) < 4.78 is 38.3. The van der Waals surface area contributed by atoms with Crippen LogP contribution in [0.2, 0.25) is 0 Å². The smallest absolute Gasteiger partial charge is 0.390 e. The van der Waals surface area contributed by atoms with E-state index in [1.54, 1.807) is 6.07 Å². The van der Waals surface area contributed by atoms with Crippen LogP contribution in [0.15, 0.2) is 24.3 Å². The van der Waals surface area contributed by atoms with Gasteiger partial charge in [0.2, 0.25) is 0 Å². The molecular formula is C17H21F3O. The van der Waals surface area contributed by atoms with Crippen LogP contribution in [0.3, 0.4) is 0 Å². The molecule has 0 amide bonds. The van der Waals surface area contributed by atoms with Crippen molar-refractivity contribution in [1.82, 2.24) is 0 Å². The lowest BCUT2D eigenvalue weighted by Crippen LogP contribution is -2.38. The Balaban J connectivity index is 1.72. The third-order valence-corrected chi connectivity index (χ3v) is 4.94. The van der Waals surface area contributed by atoms with Crippen molar-refractivity contribution in [2.45, 2.75) is 56.7 Å². The first-order chi connectivity index (χ1) is 9.86. The zero-order valence-corrected chi connectivity index (χ0v) is 12.0. The number of alkyl halides is 3. The maximum atomic E-state index is 12.8. The van der Waals surface area contributed by atoms with Crippen LogP contribution in [0.25, 0.3) is 0 Å². The van der Waals surface area contributed by atoms with Crippen LogP contribution in [-0.2, 0) is 12.6 Å². The molecule has 0 radical (unpaired) electrons. The molecule has 4 heteroatoms. The summed E-state index contributed by atoms with van der Waals surface area (Å²) in [6.45, 7) is 0. The number of hydrogen-bond donors (Lipinski definition) is 1. The van der Waals surface area contributed by atoms with Crippen molar-refractivity contribution in [3.63, 3.8) is 0 Å². The van der Waals surface area contributed by atoms with E-state index < -0.39 is 17.3 Å². The molecule has 1 aromatic rings. The highest BCUT2D eigenvalue weighted by Gasteiger charge is 2.41. The summed E-state index contributed by atoms with van der Waals surface area (Å²) in [6.07, 6.45) is 2.11. The molecule has 3 rings (SSSR count). The Morgan fingerprint density at radius 2 is 1.90 bits per heavy atom. The number of benzene rings is 1. The van der Waals surface area contributed by atoms with E-state index in [1.807, 2.05) is 0 Å². The molecule has 116 valence electrons. The fourth-order valence-corrected chi connectivity index (χ4v) is 3.75. The van der Waals surface area contributed by atoms with E-state index >= 15 is 0 Å².